The number of aryl methyl sites for hydroxylation is 3. The predicted molar refractivity (Wildman–Crippen MR) is 114 cm³/mol. The van der Waals surface area contributed by atoms with Crippen molar-refractivity contribution >= 4 is 21.6 Å². The van der Waals surface area contributed by atoms with Crippen LogP contribution in [0.25, 0.3) is 0 Å². The molecule has 0 spiro atoms. The Bertz CT molecular complexity index is 1010. The van der Waals surface area contributed by atoms with Crippen molar-refractivity contribution in [2.24, 2.45) is 5.92 Å². The van der Waals surface area contributed by atoms with Crippen molar-refractivity contribution in [1.29, 1.82) is 0 Å². The summed E-state index contributed by atoms with van der Waals surface area (Å²) in [5.41, 5.74) is 1.67. The third-order valence-electron chi connectivity index (χ3n) is 5.96. The van der Waals surface area contributed by atoms with Gasteiger partial charge in [-0.1, -0.05) is 30.3 Å². The smallest absolute Gasteiger partial charge is 0.328 e. The highest BCUT2D eigenvalue weighted by molar-refractivity contribution is 7.91. The van der Waals surface area contributed by atoms with E-state index in [0.717, 1.165) is 31.2 Å². The number of hydrogen-bond acceptors (Lipinski definition) is 6. The van der Waals surface area contributed by atoms with Crippen LogP contribution in [0.2, 0.25) is 0 Å². The van der Waals surface area contributed by atoms with Gasteiger partial charge in [-0.3, -0.25) is 0 Å². The van der Waals surface area contributed by atoms with Crippen LogP contribution in [0, 0.1) is 12.8 Å². The second-order valence-corrected chi connectivity index (χ2v) is 10.3. The SMILES string of the molecule is COC(=O)C1CCCN1c1c(S(=O)(=O)CC2CC2)c(C)nn1CCc1ccccc1. The maximum Gasteiger partial charge on any atom is 0.328 e. The van der Waals surface area contributed by atoms with Gasteiger partial charge in [0.1, 0.15) is 16.8 Å². The normalized spacial score (nSPS) is 19.3. The van der Waals surface area contributed by atoms with E-state index in [0.29, 0.717) is 35.9 Å². The molecule has 1 aromatic carbocycles. The van der Waals surface area contributed by atoms with Crippen molar-refractivity contribution in [2.45, 2.75) is 56.5 Å². The molecule has 0 N–H and O–H groups in total. The number of hydrogen-bond donors (Lipinski definition) is 0. The molecule has 1 atom stereocenters. The van der Waals surface area contributed by atoms with E-state index in [4.69, 9.17) is 4.74 Å². The molecule has 1 unspecified atom stereocenters. The zero-order chi connectivity index (χ0) is 21.3. The van der Waals surface area contributed by atoms with E-state index in [1.54, 1.807) is 11.6 Å². The number of carbonyl (C=O) groups excluding carboxylic acids is 1. The van der Waals surface area contributed by atoms with Crippen LogP contribution in [-0.4, -0.2) is 49.6 Å². The van der Waals surface area contributed by atoms with E-state index in [-0.39, 0.29) is 17.6 Å². The van der Waals surface area contributed by atoms with Crippen molar-refractivity contribution in [2.75, 3.05) is 24.3 Å². The minimum absolute atomic E-state index is 0.155. The Kier molecular flexibility index (Phi) is 5.86. The third-order valence-corrected chi connectivity index (χ3v) is 7.97. The summed E-state index contributed by atoms with van der Waals surface area (Å²) in [7, 11) is -2.11. The van der Waals surface area contributed by atoms with Gasteiger partial charge in [0.2, 0.25) is 0 Å². The molecule has 4 rings (SSSR count). The van der Waals surface area contributed by atoms with Gasteiger partial charge >= 0.3 is 5.97 Å². The number of benzene rings is 1. The Morgan fingerprint density at radius 3 is 2.60 bits per heavy atom. The number of rotatable bonds is 8. The van der Waals surface area contributed by atoms with E-state index in [2.05, 4.69) is 5.10 Å². The first kappa shape index (κ1) is 20.9. The summed E-state index contributed by atoms with van der Waals surface area (Å²) in [6.45, 7) is 2.91. The highest BCUT2D eigenvalue weighted by Gasteiger charge is 2.40. The Hall–Kier alpha value is -2.35. The van der Waals surface area contributed by atoms with Gasteiger partial charge in [0.05, 0.1) is 18.6 Å². The first-order chi connectivity index (χ1) is 14.4. The van der Waals surface area contributed by atoms with Crippen LogP contribution in [0.1, 0.15) is 36.9 Å². The highest BCUT2D eigenvalue weighted by atomic mass is 32.2. The van der Waals surface area contributed by atoms with Crippen molar-refractivity contribution in [3.05, 3.63) is 41.6 Å². The van der Waals surface area contributed by atoms with E-state index in [1.807, 2.05) is 35.2 Å². The van der Waals surface area contributed by atoms with Gasteiger partial charge in [-0.2, -0.15) is 5.10 Å². The molecule has 1 saturated carbocycles. The Morgan fingerprint density at radius 1 is 1.20 bits per heavy atom. The zero-order valence-electron chi connectivity index (χ0n) is 17.6. The molecular formula is C22H29N3O4S. The average molecular weight is 432 g/mol. The molecule has 30 heavy (non-hydrogen) atoms. The number of carbonyl (C=O) groups is 1. The van der Waals surface area contributed by atoms with Gasteiger partial charge in [0, 0.05) is 13.1 Å². The first-order valence-electron chi connectivity index (χ1n) is 10.6. The lowest BCUT2D eigenvalue weighted by molar-refractivity contribution is -0.141. The van der Waals surface area contributed by atoms with Crippen molar-refractivity contribution in [1.82, 2.24) is 9.78 Å². The molecule has 1 aromatic heterocycles. The fourth-order valence-electron chi connectivity index (χ4n) is 4.31. The molecule has 0 amide bonds. The highest BCUT2D eigenvalue weighted by Crippen LogP contribution is 2.38. The van der Waals surface area contributed by atoms with Gasteiger partial charge in [-0.05, 0) is 50.5 Å². The fraction of sp³-hybridized carbons (Fsp3) is 0.545. The van der Waals surface area contributed by atoms with Crippen molar-refractivity contribution in [3.63, 3.8) is 0 Å². The number of aromatic nitrogens is 2. The number of nitrogens with zero attached hydrogens (tertiary/aromatic N) is 3. The minimum atomic E-state index is -3.49. The standard InChI is InChI=1S/C22H29N3O4S/c1-16-20(30(27,28)15-18-10-11-18)21(24-13-6-9-19(24)22(26)29-2)25(23-16)14-12-17-7-4-3-5-8-17/h3-5,7-8,18-19H,6,9-15H2,1-2H3. The lowest BCUT2D eigenvalue weighted by Gasteiger charge is -2.26. The summed E-state index contributed by atoms with van der Waals surface area (Å²) in [6.07, 6.45) is 4.12. The van der Waals surface area contributed by atoms with Gasteiger partial charge < -0.3 is 9.64 Å². The monoisotopic (exact) mass is 431 g/mol. The number of esters is 1. The summed E-state index contributed by atoms with van der Waals surface area (Å²) < 4.78 is 33.4. The molecule has 0 radical (unpaired) electrons. The molecule has 0 bridgehead atoms. The summed E-state index contributed by atoms with van der Waals surface area (Å²) >= 11 is 0. The molecule has 2 heterocycles. The molecule has 2 aromatic rings. The third kappa shape index (κ3) is 4.24. The van der Waals surface area contributed by atoms with Gasteiger partial charge in [0.15, 0.2) is 9.84 Å². The molecule has 8 heteroatoms. The number of anilines is 1. The van der Waals surface area contributed by atoms with Crippen LogP contribution in [-0.2, 0) is 32.3 Å². The summed E-state index contributed by atoms with van der Waals surface area (Å²) in [5.74, 6) is 0.621. The van der Waals surface area contributed by atoms with E-state index in [1.165, 1.54) is 7.11 Å². The van der Waals surface area contributed by atoms with Crippen LogP contribution in [0.3, 0.4) is 0 Å². The van der Waals surface area contributed by atoms with Crippen molar-refractivity contribution in [3.8, 4) is 0 Å². The Morgan fingerprint density at radius 2 is 1.93 bits per heavy atom. The van der Waals surface area contributed by atoms with Crippen molar-refractivity contribution < 1.29 is 17.9 Å². The topological polar surface area (TPSA) is 81.5 Å². The molecule has 2 aliphatic rings. The van der Waals surface area contributed by atoms with Gasteiger partial charge in [-0.15, -0.1) is 0 Å². The number of methoxy groups -OCH3 is 1. The maximum atomic E-state index is 13.3. The molecule has 2 fully saturated rings. The van der Waals surface area contributed by atoms with Crippen LogP contribution in [0.15, 0.2) is 35.2 Å². The van der Waals surface area contributed by atoms with Crippen LogP contribution in [0.5, 0.6) is 0 Å². The molecular weight excluding hydrogens is 402 g/mol. The quantitative estimate of drug-likeness (QED) is 0.598. The van der Waals surface area contributed by atoms with E-state index >= 15 is 0 Å². The lowest BCUT2D eigenvalue weighted by Crippen LogP contribution is -2.39. The molecule has 1 aliphatic carbocycles. The molecule has 1 saturated heterocycles. The van der Waals surface area contributed by atoms with Gasteiger partial charge in [0.25, 0.3) is 0 Å². The average Bonchev–Trinajstić information content (AvgIpc) is 3.27. The predicted octanol–water partition coefficient (Wildman–Crippen LogP) is 2.76. The second kappa shape index (κ2) is 8.41. The number of sulfone groups is 1. The van der Waals surface area contributed by atoms with Crippen LogP contribution in [0.4, 0.5) is 5.82 Å². The molecule has 7 nitrogen and oxygen atoms in total. The van der Waals surface area contributed by atoms with Crippen LogP contribution >= 0.6 is 0 Å². The maximum absolute atomic E-state index is 13.3. The van der Waals surface area contributed by atoms with E-state index < -0.39 is 15.9 Å². The molecule has 1 aliphatic heterocycles. The molecule has 162 valence electrons. The summed E-state index contributed by atoms with van der Waals surface area (Å²) in [6, 6.07) is 9.58. The Balaban J connectivity index is 1.74. The number of ether oxygens (including phenoxy) is 1. The van der Waals surface area contributed by atoms with Gasteiger partial charge in [-0.25, -0.2) is 17.9 Å². The lowest BCUT2D eigenvalue weighted by atomic mass is 10.1. The summed E-state index contributed by atoms with van der Waals surface area (Å²) in [5, 5.41) is 4.63. The zero-order valence-corrected chi connectivity index (χ0v) is 18.4. The largest absolute Gasteiger partial charge is 0.467 e. The Labute approximate surface area is 177 Å². The fourth-order valence-corrected chi connectivity index (χ4v) is 6.42. The minimum Gasteiger partial charge on any atom is -0.467 e. The second-order valence-electron chi connectivity index (χ2n) is 8.30. The van der Waals surface area contributed by atoms with E-state index in [9.17, 15) is 13.2 Å². The first-order valence-corrected chi connectivity index (χ1v) is 12.2. The van der Waals surface area contributed by atoms with Crippen LogP contribution < -0.4 is 4.90 Å². The summed E-state index contributed by atoms with van der Waals surface area (Å²) in [4.78, 5) is 14.6.